The van der Waals surface area contributed by atoms with Crippen LogP contribution in [0.4, 0.5) is 0 Å². The van der Waals surface area contributed by atoms with Gasteiger partial charge in [0.15, 0.2) is 0 Å². The van der Waals surface area contributed by atoms with Crippen molar-refractivity contribution in [2.75, 3.05) is 7.11 Å². The van der Waals surface area contributed by atoms with Gasteiger partial charge in [-0.05, 0) is 24.1 Å². The van der Waals surface area contributed by atoms with E-state index in [0.29, 0.717) is 0 Å². The number of ether oxygens (including phenoxy) is 1. The fourth-order valence-corrected chi connectivity index (χ4v) is 1.63. The predicted octanol–water partition coefficient (Wildman–Crippen LogP) is 3.31. The molecular formula is C15H23NO2. The Morgan fingerprint density at radius 2 is 1.83 bits per heavy atom. The summed E-state index contributed by atoms with van der Waals surface area (Å²) in [6.45, 7) is 7.83. The van der Waals surface area contributed by atoms with Crippen LogP contribution in [0, 0.1) is 5.41 Å². The summed E-state index contributed by atoms with van der Waals surface area (Å²) in [5.41, 5.74) is 0.746. The van der Waals surface area contributed by atoms with E-state index < -0.39 is 0 Å². The van der Waals surface area contributed by atoms with Crippen molar-refractivity contribution in [1.82, 2.24) is 5.32 Å². The lowest BCUT2D eigenvalue weighted by molar-refractivity contribution is -0.129. The smallest absolute Gasteiger partial charge is 0.225 e. The molecule has 0 radical (unpaired) electrons. The van der Waals surface area contributed by atoms with Crippen molar-refractivity contribution >= 4 is 5.91 Å². The van der Waals surface area contributed by atoms with Gasteiger partial charge in [0.05, 0.1) is 13.2 Å². The van der Waals surface area contributed by atoms with E-state index in [2.05, 4.69) is 12.2 Å². The van der Waals surface area contributed by atoms with E-state index in [4.69, 9.17) is 4.74 Å². The third kappa shape index (κ3) is 3.76. The maximum absolute atomic E-state index is 12.0. The Bertz CT molecular complexity index is 390. The molecule has 1 aromatic carbocycles. The Morgan fingerprint density at radius 3 is 2.22 bits per heavy atom. The van der Waals surface area contributed by atoms with Crippen molar-refractivity contribution in [1.29, 1.82) is 0 Å². The summed E-state index contributed by atoms with van der Waals surface area (Å²) in [6, 6.07) is 7.89. The van der Waals surface area contributed by atoms with Crippen LogP contribution >= 0.6 is 0 Å². The molecule has 0 aliphatic heterocycles. The third-order valence-electron chi connectivity index (χ3n) is 2.91. The highest BCUT2D eigenvalue weighted by atomic mass is 16.5. The van der Waals surface area contributed by atoms with Crippen LogP contribution in [0.25, 0.3) is 0 Å². The van der Waals surface area contributed by atoms with Gasteiger partial charge in [-0.2, -0.15) is 0 Å². The van der Waals surface area contributed by atoms with Crippen molar-refractivity contribution in [3.05, 3.63) is 29.8 Å². The van der Waals surface area contributed by atoms with E-state index in [0.717, 1.165) is 17.7 Å². The molecule has 0 heterocycles. The third-order valence-corrected chi connectivity index (χ3v) is 2.91. The first-order valence-electron chi connectivity index (χ1n) is 6.33. The first-order chi connectivity index (χ1) is 8.38. The highest BCUT2D eigenvalue weighted by Crippen LogP contribution is 2.22. The Labute approximate surface area is 110 Å². The van der Waals surface area contributed by atoms with Crippen LogP contribution in [0.3, 0.4) is 0 Å². The molecule has 1 atom stereocenters. The fraction of sp³-hybridized carbons (Fsp3) is 0.533. The van der Waals surface area contributed by atoms with Gasteiger partial charge in [0.1, 0.15) is 5.75 Å². The summed E-state index contributed by atoms with van der Waals surface area (Å²) in [6.07, 6.45) is 0.869. The lowest BCUT2D eigenvalue weighted by Gasteiger charge is -2.24. The van der Waals surface area contributed by atoms with E-state index in [9.17, 15) is 4.79 Å². The van der Waals surface area contributed by atoms with Crippen LogP contribution < -0.4 is 10.1 Å². The lowest BCUT2D eigenvalue weighted by atomic mass is 9.94. The van der Waals surface area contributed by atoms with Crippen LogP contribution in [0.1, 0.15) is 45.7 Å². The first-order valence-corrected chi connectivity index (χ1v) is 6.33. The van der Waals surface area contributed by atoms with E-state index in [1.807, 2.05) is 45.0 Å². The van der Waals surface area contributed by atoms with E-state index >= 15 is 0 Å². The predicted molar refractivity (Wildman–Crippen MR) is 73.6 cm³/mol. The Balaban J connectivity index is 2.80. The molecule has 1 rings (SSSR count). The molecule has 1 amide bonds. The quantitative estimate of drug-likeness (QED) is 0.889. The van der Waals surface area contributed by atoms with Gasteiger partial charge in [-0.15, -0.1) is 0 Å². The number of rotatable bonds is 4. The highest BCUT2D eigenvalue weighted by molar-refractivity contribution is 5.81. The number of nitrogens with one attached hydrogen (secondary N) is 1. The summed E-state index contributed by atoms with van der Waals surface area (Å²) in [5, 5.41) is 3.08. The molecule has 100 valence electrons. The summed E-state index contributed by atoms with van der Waals surface area (Å²) < 4.78 is 5.13. The molecule has 18 heavy (non-hydrogen) atoms. The van der Waals surface area contributed by atoms with Gasteiger partial charge in [0.2, 0.25) is 5.91 Å². The van der Waals surface area contributed by atoms with Gasteiger partial charge in [-0.3, -0.25) is 4.79 Å². The molecule has 0 saturated carbocycles. The second-order valence-electron chi connectivity index (χ2n) is 5.46. The average molecular weight is 249 g/mol. The van der Waals surface area contributed by atoms with Crippen molar-refractivity contribution < 1.29 is 9.53 Å². The molecule has 0 aliphatic carbocycles. The molecule has 0 saturated heterocycles. The highest BCUT2D eigenvalue weighted by Gasteiger charge is 2.23. The zero-order valence-corrected chi connectivity index (χ0v) is 11.9. The number of hydrogen-bond donors (Lipinski definition) is 1. The van der Waals surface area contributed by atoms with Gasteiger partial charge < -0.3 is 10.1 Å². The Kier molecular flexibility index (Phi) is 4.76. The molecular weight excluding hydrogens is 226 g/mol. The molecule has 1 aromatic rings. The fourth-order valence-electron chi connectivity index (χ4n) is 1.63. The standard InChI is InChI=1S/C15H23NO2/c1-6-13(16-14(17)15(2,3)4)11-7-9-12(18-5)10-8-11/h7-10,13H,6H2,1-5H3,(H,16,17)/t13-/m0/s1. The van der Waals surface area contributed by atoms with E-state index in [1.165, 1.54) is 0 Å². The number of methoxy groups -OCH3 is 1. The Morgan fingerprint density at radius 1 is 1.28 bits per heavy atom. The molecule has 0 unspecified atom stereocenters. The van der Waals surface area contributed by atoms with Gasteiger partial charge in [-0.1, -0.05) is 39.8 Å². The van der Waals surface area contributed by atoms with Crippen molar-refractivity contribution in [2.45, 2.75) is 40.2 Å². The maximum atomic E-state index is 12.0. The van der Waals surface area contributed by atoms with E-state index in [-0.39, 0.29) is 17.4 Å². The van der Waals surface area contributed by atoms with Crippen LogP contribution in [-0.2, 0) is 4.79 Å². The van der Waals surface area contributed by atoms with Crippen LogP contribution in [0.15, 0.2) is 24.3 Å². The number of hydrogen-bond acceptors (Lipinski definition) is 2. The van der Waals surface area contributed by atoms with Gasteiger partial charge >= 0.3 is 0 Å². The number of carbonyl (C=O) groups is 1. The number of benzene rings is 1. The topological polar surface area (TPSA) is 38.3 Å². The largest absolute Gasteiger partial charge is 0.497 e. The molecule has 1 N–H and O–H groups in total. The first kappa shape index (κ1) is 14.6. The second-order valence-corrected chi connectivity index (χ2v) is 5.46. The van der Waals surface area contributed by atoms with Crippen molar-refractivity contribution in [3.8, 4) is 5.75 Å². The Hall–Kier alpha value is -1.51. The molecule has 3 nitrogen and oxygen atoms in total. The molecule has 0 fully saturated rings. The molecule has 0 aromatic heterocycles. The minimum absolute atomic E-state index is 0.0580. The maximum Gasteiger partial charge on any atom is 0.225 e. The van der Waals surface area contributed by atoms with Crippen molar-refractivity contribution in [2.24, 2.45) is 5.41 Å². The summed E-state index contributed by atoms with van der Waals surface area (Å²) >= 11 is 0. The van der Waals surface area contributed by atoms with Crippen molar-refractivity contribution in [3.63, 3.8) is 0 Å². The molecule has 3 heteroatoms. The molecule has 0 aliphatic rings. The normalized spacial score (nSPS) is 12.9. The minimum Gasteiger partial charge on any atom is -0.497 e. The zero-order chi connectivity index (χ0) is 13.8. The number of amides is 1. The van der Waals surface area contributed by atoms with Gasteiger partial charge in [-0.25, -0.2) is 0 Å². The van der Waals surface area contributed by atoms with Crippen LogP contribution in [-0.4, -0.2) is 13.0 Å². The summed E-state index contributed by atoms with van der Waals surface area (Å²) in [7, 11) is 1.65. The monoisotopic (exact) mass is 249 g/mol. The molecule has 0 spiro atoms. The summed E-state index contributed by atoms with van der Waals surface area (Å²) in [5.74, 6) is 0.904. The zero-order valence-electron chi connectivity index (χ0n) is 11.9. The average Bonchev–Trinajstić information content (AvgIpc) is 2.34. The van der Waals surface area contributed by atoms with E-state index in [1.54, 1.807) is 7.11 Å². The number of carbonyl (C=O) groups excluding carboxylic acids is 1. The molecule has 0 bridgehead atoms. The van der Waals surface area contributed by atoms with Gasteiger partial charge in [0.25, 0.3) is 0 Å². The lowest BCUT2D eigenvalue weighted by Crippen LogP contribution is -2.37. The van der Waals surface area contributed by atoms with Crippen LogP contribution in [0.2, 0.25) is 0 Å². The SMILES string of the molecule is CC[C@H](NC(=O)C(C)(C)C)c1ccc(OC)cc1. The van der Waals surface area contributed by atoms with Crippen LogP contribution in [0.5, 0.6) is 5.75 Å². The second kappa shape index (κ2) is 5.89. The summed E-state index contributed by atoms with van der Waals surface area (Å²) in [4.78, 5) is 12.0. The minimum atomic E-state index is -0.361. The van der Waals surface area contributed by atoms with Gasteiger partial charge in [0, 0.05) is 5.41 Å².